The number of amides is 2. The summed E-state index contributed by atoms with van der Waals surface area (Å²) in [6, 6.07) is 2.64. The summed E-state index contributed by atoms with van der Waals surface area (Å²) < 4.78 is 25.7. The molecule has 0 atom stereocenters. The molecule has 0 spiro atoms. The molecule has 0 bridgehead atoms. The van der Waals surface area contributed by atoms with Gasteiger partial charge in [-0.3, -0.25) is 14.4 Å². The molecule has 0 radical (unpaired) electrons. The van der Waals surface area contributed by atoms with Crippen molar-refractivity contribution in [3.8, 4) is 0 Å². The van der Waals surface area contributed by atoms with Crippen LogP contribution in [0.5, 0.6) is 0 Å². The van der Waals surface area contributed by atoms with Gasteiger partial charge in [-0.1, -0.05) is 0 Å². The molecular formula is C11H13F2N3O4. The van der Waals surface area contributed by atoms with Gasteiger partial charge in [0.25, 0.3) is 12.3 Å². The van der Waals surface area contributed by atoms with Crippen LogP contribution in [-0.4, -0.2) is 51.9 Å². The fraction of sp³-hybridized carbons (Fsp3) is 0.364. The minimum absolute atomic E-state index is 0.132. The molecule has 1 rings (SSSR count). The number of alkyl halides is 2. The smallest absolute Gasteiger partial charge is 0.323 e. The van der Waals surface area contributed by atoms with Crippen LogP contribution in [0, 0.1) is 0 Å². The lowest BCUT2D eigenvalue weighted by molar-refractivity contribution is -0.138. The first-order valence-corrected chi connectivity index (χ1v) is 5.54. The molecule has 110 valence electrons. The number of nitrogens with two attached hydrogens (primary N) is 1. The van der Waals surface area contributed by atoms with Crippen molar-refractivity contribution >= 4 is 17.8 Å². The highest BCUT2D eigenvalue weighted by Crippen LogP contribution is 2.09. The Balaban J connectivity index is 2.96. The minimum Gasteiger partial charge on any atom is -0.480 e. The number of nitrogens with zero attached hydrogens (tertiary/aromatic N) is 2. The van der Waals surface area contributed by atoms with Crippen molar-refractivity contribution in [1.29, 1.82) is 0 Å². The van der Waals surface area contributed by atoms with Crippen LogP contribution in [0.2, 0.25) is 0 Å². The standard InChI is InChI=1S/C11H13F2N3O4/c12-8(13)4-15-3-1-2-7(15)11(20)16(5-9(14)17)6-10(18)19/h1-3,8H,4-6H2,(H2,14,17)(H,18,19). The van der Waals surface area contributed by atoms with E-state index in [1.165, 1.54) is 18.3 Å². The number of primary amides is 1. The van der Waals surface area contributed by atoms with Crippen molar-refractivity contribution < 1.29 is 28.3 Å². The summed E-state index contributed by atoms with van der Waals surface area (Å²) >= 11 is 0. The van der Waals surface area contributed by atoms with Crippen molar-refractivity contribution in [2.75, 3.05) is 13.1 Å². The monoisotopic (exact) mass is 289 g/mol. The minimum atomic E-state index is -2.67. The van der Waals surface area contributed by atoms with E-state index in [4.69, 9.17) is 10.8 Å². The topological polar surface area (TPSA) is 106 Å². The van der Waals surface area contributed by atoms with Crippen LogP contribution in [0.3, 0.4) is 0 Å². The molecule has 1 aromatic rings. The van der Waals surface area contributed by atoms with Crippen LogP contribution in [0.15, 0.2) is 18.3 Å². The van der Waals surface area contributed by atoms with Crippen molar-refractivity contribution in [2.24, 2.45) is 5.73 Å². The highest BCUT2D eigenvalue weighted by Gasteiger charge is 2.23. The summed E-state index contributed by atoms with van der Waals surface area (Å²) in [6.07, 6.45) is -1.40. The van der Waals surface area contributed by atoms with Crippen LogP contribution in [0.1, 0.15) is 10.5 Å². The Morgan fingerprint density at radius 3 is 2.50 bits per heavy atom. The summed E-state index contributed by atoms with van der Waals surface area (Å²) in [5, 5.41) is 8.69. The zero-order valence-electron chi connectivity index (χ0n) is 10.3. The molecule has 0 aliphatic carbocycles. The van der Waals surface area contributed by atoms with Crippen LogP contribution in [-0.2, 0) is 16.1 Å². The second-order valence-corrected chi connectivity index (χ2v) is 3.96. The van der Waals surface area contributed by atoms with Crippen molar-refractivity contribution in [2.45, 2.75) is 13.0 Å². The number of hydrogen-bond acceptors (Lipinski definition) is 3. The van der Waals surface area contributed by atoms with Gasteiger partial charge in [-0.2, -0.15) is 0 Å². The highest BCUT2D eigenvalue weighted by atomic mass is 19.3. The van der Waals surface area contributed by atoms with E-state index in [2.05, 4.69) is 0 Å². The molecule has 20 heavy (non-hydrogen) atoms. The number of halogens is 2. The number of carboxylic acid groups (broad SMARTS) is 1. The fourth-order valence-electron chi connectivity index (χ4n) is 1.63. The number of aliphatic carboxylic acids is 1. The summed E-state index contributed by atoms with van der Waals surface area (Å²) in [5.74, 6) is -3.09. The Labute approximate surface area is 112 Å². The second kappa shape index (κ2) is 6.64. The Hall–Kier alpha value is -2.45. The SMILES string of the molecule is NC(=O)CN(CC(=O)O)C(=O)c1cccn1CC(F)F. The quantitative estimate of drug-likeness (QED) is 0.723. The van der Waals surface area contributed by atoms with Gasteiger partial charge < -0.3 is 20.3 Å². The molecular weight excluding hydrogens is 276 g/mol. The van der Waals surface area contributed by atoms with Crippen LogP contribution in [0.4, 0.5) is 8.78 Å². The van der Waals surface area contributed by atoms with Crippen LogP contribution < -0.4 is 5.73 Å². The number of aromatic nitrogens is 1. The lowest BCUT2D eigenvalue weighted by atomic mass is 10.3. The first-order chi connectivity index (χ1) is 9.31. The van der Waals surface area contributed by atoms with E-state index < -0.39 is 43.8 Å². The lowest BCUT2D eigenvalue weighted by Crippen LogP contribution is -2.42. The molecule has 0 aromatic carbocycles. The molecule has 1 heterocycles. The third-order valence-corrected chi connectivity index (χ3v) is 2.34. The molecule has 0 saturated heterocycles. The third kappa shape index (κ3) is 4.34. The Kier molecular flexibility index (Phi) is 5.18. The van der Waals surface area contributed by atoms with Gasteiger partial charge >= 0.3 is 5.97 Å². The Bertz CT molecular complexity index is 500. The van der Waals surface area contributed by atoms with Crippen LogP contribution >= 0.6 is 0 Å². The normalized spacial score (nSPS) is 10.6. The van der Waals surface area contributed by atoms with E-state index in [0.717, 1.165) is 4.57 Å². The average molecular weight is 289 g/mol. The van der Waals surface area contributed by atoms with Gasteiger partial charge in [0, 0.05) is 6.20 Å². The highest BCUT2D eigenvalue weighted by molar-refractivity contribution is 5.96. The van der Waals surface area contributed by atoms with Gasteiger partial charge in [0.15, 0.2) is 0 Å². The maximum Gasteiger partial charge on any atom is 0.323 e. The van der Waals surface area contributed by atoms with Crippen molar-refractivity contribution in [3.63, 3.8) is 0 Å². The van der Waals surface area contributed by atoms with Crippen molar-refractivity contribution in [3.05, 3.63) is 24.0 Å². The number of carbonyl (C=O) groups excluding carboxylic acids is 2. The van der Waals surface area contributed by atoms with Gasteiger partial charge in [0.1, 0.15) is 18.8 Å². The lowest BCUT2D eigenvalue weighted by Gasteiger charge is -2.19. The van der Waals surface area contributed by atoms with E-state index in [1.54, 1.807) is 0 Å². The van der Waals surface area contributed by atoms with Crippen LogP contribution in [0.25, 0.3) is 0 Å². The summed E-state index contributed by atoms with van der Waals surface area (Å²) in [5.41, 5.74) is 4.79. The Morgan fingerprint density at radius 1 is 1.35 bits per heavy atom. The molecule has 0 fully saturated rings. The fourth-order valence-corrected chi connectivity index (χ4v) is 1.63. The van der Waals surface area contributed by atoms with E-state index in [1.807, 2.05) is 0 Å². The number of rotatable bonds is 7. The largest absolute Gasteiger partial charge is 0.480 e. The van der Waals surface area contributed by atoms with Gasteiger partial charge in [-0.25, -0.2) is 8.78 Å². The van der Waals surface area contributed by atoms with Gasteiger partial charge in [0.05, 0.1) is 6.54 Å². The maximum atomic E-state index is 12.3. The molecule has 2 amide bonds. The van der Waals surface area contributed by atoms with E-state index in [0.29, 0.717) is 4.90 Å². The summed E-state index contributed by atoms with van der Waals surface area (Å²) in [6.45, 7) is -2.06. The maximum absolute atomic E-state index is 12.3. The number of hydrogen-bond donors (Lipinski definition) is 2. The zero-order valence-corrected chi connectivity index (χ0v) is 10.3. The molecule has 0 aliphatic rings. The average Bonchev–Trinajstić information content (AvgIpc) is 2.73. The summed E-state index contributed by atoms with van der Waals surface area (Å²) in [4.78, 5) is 34.2. The molecule has 3 N–H and O–H groups in total. The predicted octanol–water partition coefficient (Wildman–Crippen LogP) is -0.235. The third-order valence-electron chi connectivity index (χ3n) is 2.34. The molecule has 0 saturated carbocycles. The molecule has 0 aliphatic heterocycles. The molecule has 7 nitrogen and oxygen atoms in total. The number of carbonyl (C=O) groups is 3. The summed E-state index contributed by atoms with van der Waals surface area (Å²) in [7, 11) is 0. The molecule has 1 aromatic heterocycles. The first kappa shape index (κ1) is 15.6. The second-order valence-electron chi connectivity index (χ2n) is 3.96. The predicted molar refractivity (Wildman–Crippen MR) is 63.2 cm³/mol. The molecule has 0 unspecified atom stereocenters. The zero-order chi connectivity index (χ0) is 15.3. The van der Waals surface area contributed by atoms with Gasteiger partial charge in [0.2, 0.25) is 5.91 Å². The van der Waals surface area contributed by atoms with E-state index >= 15 is 0 Å². The van der Waals surface area contributed by atoms with E-state index in [9.17, 15) is 23.2 Å². The van der Waals surface area contributed by atoms with Gasteiger partial charge in [-0.05, 0) is 12.1 Å². The first-order valence-electron chi connectivity index (χ1n) is 5.54. The van der Waals surface area contributed by atoms with Gasteiger partial charge in [-0.15, -0.1) is 0 Å². The Morgan fingerprint density at radius 2 is 2.00 bits per heavy atom. The molecule has 9 heteroatoms. The number of carboxylic acids is 1. The van der Waals surface area contributed by atoms with Crippen molar-refractivity contribution in [1.82, 2.24) is 9.47 Å². The van der Waals surface area contributed by atoms with E-state index in [-0.39, 0.29) is 5.69 Å².